The predicted molar refractivity (Wildman–Crippen MR) is 182 cm³/mol. The molecule has 2 heterocycles. The van der Waals surface area contributed by atoms with Gasteiger partial charge in [-0.2, -0.15) is 10.2 Å². The molecule has 2 rings (SSSR count). The van der Waals surface area contributed by atoms with Crippen LogP contribution in [0.25, 0.3) is 0 Å². The van der Waals surface area contributed by atoms with Crippen molar-refractivity contribution in [3.8, 4) is 0 Å². The molecule has 0 saturated heterocycles. The van der Waals surface area contributed by atoms with Gasteiger partial charge in [-0.3, -0.25) is 9.48 Å². The number of hydrazone groups is 1. The number of aryl methyl sites for hydroxylation is 1. The molecule has 0 bridgehead atoms. The number of hydrogen-bond donors (Lipinski definition) is 3. The van der Waals surface area contributed by atoms with Crippen LogP contribution in [0.1, 0.15) is 79.2 Å². The first kappa shape index (κ1) is 42.5. The minimum atomic E-state index is -0.612. The predicted octanol–water partition coefficient (Wildman–Crippen LogP) is 7.09. The van der Waals surface area contributed by atoms with Crippen molar-refractivity contribution < 1.29 is 13.6 Å². The van der Waals surface area contributed by atoms with Crippen molar-refractivity contribution in [2.75, 3.05) is 33.4 Å². The number of nitrogens with zero attached hydrogens (tertiary/aromatic N) is 4. The molecule has 0 aromatic carbocycles. The average molecular weight is 618 g/mol. The molecule has 10 heteroatoms. The van der Waals surface area contributed by atoms with Gasteiger partial charge in [0.2, 0.25) is 0 Å². The Morgan fingerprint density at radius 2 is 1.91 bits per heavy atom. The van der Waals surface area contributed by atoms with E-state index in [-0.39, 0.29) is 24.1 Å². The van der Waals surface area contributed by atoms with E-state index < -0.39 is 6.67 Å². The van der Waals surface area contributed by atoms with Crippen LogP contribution in [0.5, 0.6) is 0 Å². The third-order valence-corrected chi connectivity index (χ3v) is 5.78. The molecule has 1 aromatic heterocycles. The molecule has 0 spiro atoms. The highest BCUT2D eigenvalue weighted by molar-refractivity contribution is 6.03. The van der Waals surface area contributed by atoms with Gasteiger partial charge in [0.05, 0.1) is 11.5 Å². The largest absolute Gasteiger partial charge is 0.352 e. The normalized spacial score (nSPS) is 16.6. The molecule has 0 fully saturated rings. The molecule has 0 radical (unpaired) electrons. The Kier molecular flexibility index (Phi) is 29.7. The van der Waals surface area contributed by atoms with Crippen molar-refractivity contribution in [3.63, 3.8) is 0 Å². The minimum Gasteiger partial charge on any atom is -0.352 e. The number of carbonyl (C=O) groups excluding carboxylic acids is 1. The van der Waals surface area contributed by atoms with Crippen molar-refractivity contribution in [3.05, 3.63) is 84.3 Å². The maximum absolute atomic E-state index is 13.9. The van der Waals surface area contributed by atoms with Crippen molar-refractivity contribution in [2.45, 2.75) is 73.6 Å². The van der Waals surface area contributed by atoms with Crippen LogP contribution in [-0.4, -0.2) is 59.7 Å². The molecule has 3 N–H and O–H groups in total. The number of rotatable bonds is 12. The zero-order valence-electron chi connectivity index (χ0n) is 28.2. The number of halogens is 2. The SMILES string of the molecule is CC.CC.CC.CNCC(CCNC(=O)C1=C/C/C(c2ccncnn(C)cc2)=N\NCC/C=C\1)CC/C(F)=C\C=C/CF. The van der Waals surface area contributed by atoms with E-state index in [4.69, 9.17) is 0 Å². The van der Waals surface area contributed by atoms with Crippen LogP contribution in [0, 0.1) is 5.92 Å². The zero-order valence-corrected chi connectivity index (χ0v) is 28.2. The Labute approximate surface area is 265 Å². The molecule has 8 nitrogen and oxygen atoms in total. The van der Waals surface area contributed by atoms with Crippen LogP contribution < -0.4 is 16.1 Å². The summed E-state index contributed by atoms with van der Waals surface area (Å²) in [5.41, 5.74) is 5.29. The fourth-order valence-corrected chi connectivity index (χ4v) is 3.71. The Bertz CT molecular complexity index is 1080. The maximum Gasteiger partial charge on any atom is 0.250 e. The van der Waals surface area contributed by atoms with Gasteiger partial charge < -0.3 is 16.1 Å². The van der Waals surface area contributed by atoms with Gasteiger partial charge in [-0.1, -0.05) is 71.9 Å². The third-order valence-electron chi connectivity index (χ3n) is 5.78. The lowest BCUT2D eigenvalue weighted by Gasteiger charge is -2.16. The van der Waals surface area contributed by atoms with Gasteiger partial charge in [-0.05, 0) is 63.4 Å². The molecule has 0 saturated carbocycles. The fraction of sp³-hybridized carbons (Fsp3) is 0.529. The molecule has 1 aliphatic heterocycles. The molecule has 248 valence electrons. The van der Waals surface area contributed by atoms with E-state index in [1.54, 1.807) is 10.9 Å². The number of amides is 1. The van der Waals surface area contributed by atoms with Crippen molar-refractivity contribution in [1.29, 1.82) is 0 Å². The lowest BCUT2D eigenvalue weighted by atomic mass is 9.98. The lowest BCUT2D eigenvalue weighted by molar-refractivity contribution is -0.117. The second kappa shape index (κ2) is 30.8. The second-order valence-electron chi connectivity index (χ2n) is 8.76. The van der Waals surface area contributed by atoms with Crippen LogP contribution in [-0.2, 0) is 11.8 Å². The first-order valence-electron chi connectivity index (χ1n) is 15.9. The van der Waals surface area contributed by atoms with Crippen LogP contribution in [0.15, 0.2) is 83.8 Å². The summed E-state index contributed by atoms with van der Waals surface area (Å²) < 4.78 is 27.7. The van der Waals surface area contributed by atoms with E-state index in [0.29, 0.717) is 44.5 Å². The molecule has 1 aromatic rings. The smallest absolute Gasteiger partial charge is 0.250 e. The lowest BCUT2D eigenvalue weighted by Crippen LogP contribution is -2.29. The topological polar surface area (TPSA) is 96.2 Å². The van der Waals surface area contributed by atoms with Crippen LogP contribution in [0.2, 0.25) is 0 Å². The summed E-state index contributed by atoms with van der Waals surface area (Å²) in [4.78, 5) is 17.1. The second-order valence-corrected chi connectivity index (χ2v) is 8.76. The first-order valence-corrected chi connectivity index (χ1v) is 15.9. The molecule has 1 unspecified atom stereocenters. The molecule has 44 heavy (non-hydrogen) atoms. The number of nitrogens with one attached hydrogen (secondary N) is 3. The van der Waals surface area contributed by atoms with Crippen LogP contribution in [0.3, 0.4) is 0 Å². The number of carbonyl (C=O) groups is 1. The van der Waals surface area contributed by atoms with Gasteiger partial charge >= 0.3 is 0 Å². The van der Waals surface area contributed by atoms with Gasteiger partial charge in [-0.15, -0.1) is 0 Å². The van der Waals surface area contributed by atoms with E-state index in [0.717, 1.165) is 17.7 Å². The minimum absolute atomic E-state index is 0.159. The van der Waals surface area contributed by atoms with Crippen molar-refractivity contribution in [1.82, 2.24) is 30.8 Å². The molecule has 1 amide bonds. The molecular weight excluding hydrogens is 560 g/mol. The highest BCUT2D eigenvalue weighted by Crippen LogP contribution is 2.16. The molecule has 0 aliphatic carbocycles. The van der Waals surface area contributed by atoms with E-state index >= 15 is 0 Å². The Hall–Kier alpha value is -3.66. The number of alkyl halides is 1. The van der Waals surface area contributed by atoms with Gasteiger partial charge in [0.1, 0.15) is 13.0 Å². The summed E-state index contributed by atoms with van der Waals surface area (Å²) in [6.45, 7) is 13.2. The van der Waals surface area contributed by atoms with Gasteiger partial charge in [0.15, 0.2) is 0 Å². The summed E-state index contributed by atoms with van der Waals surface area (Å²) in [5, 5.41) is 14.8. The van der Waals surface area contributed by atoms with Crippen molar-refractivity contribution in [2.24, 2.45) is 18.1 Å². The van der Waals surface area contributed by atoms with E-state index in [2.05, 4.69) is 31.2 Å². The Morgan fingerprint density at radius 1 is 1.16 bits per heavy atom. The molecule has 1 atom stereocenters. The van der Waals surface area contributed by atoms with E-state index in [1.807, 2.05) is 92.2 Å². The summed E-state index contributed by atoms with van der Waals surface area (Å²) in [6.07, 6.45) is 17.3. The zero-order chi connectivity index (χ0) is 33.4. The molecular formula is C34H57F2N7O. The summed E-state index contributed by atoms with van der Waals surface area (Å²) in [6, 6.07) is 3.76. The number of aromatic nitrogens is 3. The fourth-order valence-electron chi connectivity index (χ4n) is 3.71. The third kappa shape index (κ3) is 21.1. The molecule has 1 aliphatic rings. The maximum atomic E-state index is 13.9. The van der Waals surface area contributed by atoms with E-state index in [1.165, 1.54) is 24.6 Å². The summed E-state index contributed by atoms with van der Waals surface area (Å²) in [5.74, 6) is -0.249. The highest BCUT2D eigenvalue weighted by atomic mass is 19.1. The van der Waals surface area contributed by atoms with Crippen LogP contribution >= 0.6 is 0 Å². The van der Waals surface area contributed by atoms with E-state index in [9.17, 15) is 13.6 Å². The first-order chi connectivity index (χ1) is 21.5. The Balaban J connectivity index is 0. The van der Waals surface area contributed by atoms with Gasteiger partial charge in [0, 0.05) is 50.1 Å². The highest BCUT2D eigenvalue weighted by Gasteiger charge is 2.12. The quantitative estimate of drug-likeness (QED) is 0.218. The number of allylic oxidation sites excluding steroid dienone is 5. The van der Waals surface area contributed by atoms with Crippen molar-refractivity contribution >= 4 is 11.6 Å². The van der Waals surface area contributed by atoms with Crippen LogP contribution in [0.4, 0.5) is 8.78 Å². The average Bonchev–Trinajstić information content (AvgIpc) is 3.17. The number of hydrogen-bond acceptors (Lipinski definition) is 6. The summed E-state index contributed by atoms with van der Waals surface area (Å²) in [7, 11) is 3.66. The standard InChI is InChI=1S/C28H39F2N7O.3C2H6/c1-31-21-23(9-11-26(30)8-3-5-16-29)13-19-33-28(38)25-7-4-6-17-34-36-27(12-10-25)24-14-18-32-22-35-37(2)20-15-24;3*1-2/h3-5,7-8,10,14-15,18,20,22-23,31,34H,6,9,11-13,16-17,19,21H2,1-2H3,(H,33,38);3*1-2H3/b5-3-,7-4-,20-15?,24-14?,25-10+,26-8+,32-18?,35-22?,36-27+;;;. The van der Waals surface area contributed by atoms with Gasteiger partial charge in [0.25, 0.3) is 5.91 Å². The van der Waals surface area contributed by atoms with Gasteiger partial charge in [-0.25, -0.2) is 13.8 Å². The monoisotopic (exact) mass is 617 g/mol. The summed E-state index contributed by atoms with van der Waals surface area (Å²) >= 11 is 0. The Morgan fingerprint density at radius 3 is 2.61 bits per heavy atom.